The van der Waals surface area contributed by atoms with E-state index in [9.17, 15) is 9.90 Å². The first-order valence-corrected chi connectivity index (χ1v) is 13.8. The van der Waals surface area contributed by atoms with E-state index in [0.717, 1.165) is 34.8 Å². The van der Waals surface area contributed by atoms with Crippen molar-refractivity contribution in [3.63, 3.8) is 0 Å². The molecule has 0 atom stereocenters. The number of fused-ring (bicyclic) bond motifs is 1. The molecule has 0 aliphatic rings. The van der Waals surface area contributed by atoms with Crippen LogP contribution in [0.2, 0.25) is 25.7 Å². The summed E-state index contributed by atoms with van der Waals surface area (Å²) in [5.74, 6) is -0.556. The van der Waals surface area contributed by atoms with Crippen LogP contribution in [0.25, 0.3) is 28.0 Å². The van der Waals surface area contributed by atoms with Crippen LogP contribution in [0, 0.1) is 0 Å². The molecule has 3 aromatic heterocycles. The first-order chi connectivity index (χ1) is 14.8. The third-order valence-electron chi connectivity index (χ3n) is 5.00. The largest absolute Gasteiger partial charge is 0.478 e. The van der Waals surface area contributed by atoms with E-state index in [0.29, 0.717) is 12.5 Å². The molecule has 8 nitrogen and oxygen atoms in total. The van der Waals surface area contributed by atoms with Crippen LogP contribution < -0.4 is 0 Å². The number of rotatable bonds is 8. The van der Waals surface area contributed by atoms with Gasteiger partial charge in [0.2, 0.25) is 0 Å². The Morgan fingerprint density at radius 2 is 1.94 bits per heavy atom. The van der Waals surface area contributed by atoms with Crippen molar-refractivity contribution in [2.45, 2.75) is 32.4 Å². The van der Waals surface area contributed by atoms with Gasteiger partial charge in [-0.2, -0.15) is 10.2 Å². The second-order valence-electron chi connectivity index (χ2n) is 8.60. The van der Waals surface area contributed by atoms with Gasteiger partial charge >= 0.3 is 5.97 Å². The van der Waals surface area contributed by atoms with Crippen molar-refractivity contribution in [2.24, 2.45) is 0 Å². The minimum absolute atomic E-state index is 0.162. The molecule has 0 saturated heterocycles. The lowest BCUT2D eigenvalue weighted by Gasteiger charge is -2.15. The van der Waals surface area contributed by atoms with Gasteiger partial charge in [0.1, 0.15) is 6.73 Å². The predicted octanol–water partition coefficient (Wildman–Crippen LogP) is 4.29. The van der Waals surface area contributed by atoms with Gasteiger partial charge in [0.15, 0.2) is 5.82 Å². The van der Waals surface area contributed by atoms with Crippen LogP contribution in [-0.2, 0) is 11.5 Å². The molecule has 0 aliphatic heterocycles. The normalized spacial score (nSPS) is 11.8. The number of aromatic nitrogens is 5. The highest BCUT2D eigenvalue weighted by Gasteiger charge is 2.14. The maximum Gasteiger partial charge on any atom is 0.335 e. The predicted molar refractivity (Wildman–Crippen MR) is 121 cm³/mol. The van der Waals surface area contributed by atoms with Gasteiger partial charge in [-0.15, -0.1) is 0 Å². The van der Waals surface area contributed by atoms with Crippen molar-refractivity contribution >= 4 is 24.9 Å². The van der Waals surface area contributed by atoms with Crippen molar-refractivity contribution in [3.05, 3.63) is 60.6 Å². The number of ether oxygens (including phenoxy) is 1. The fraction of sp³-hybridized carbons (Fsp3) is 0.273. The zero-order valence-electron chi connectivity index (χ0n) is 17.8. The second-order valence-corrected chi connectivity index (χ2v) is 14.2. The molecule has 0 saturated carbocycles. The van der Waals surface area contributed by atoms with Gasteiger partial charge in [-0.1, -0.05) is 31.8 Å². The second kappa shape index (κ2) is 8.44. The first-order valence-electron chi connectivity index (χ1n) is 10.1. The third kappa shape index (κ3) is 4.73. The van der Waals surface area contributed by atoms with Crippen molar-refractivity contribution in [2.75, 3.05) is 6.61 Å². The zero-order valence-corrected chi connectivity index (χ0v) is 18.8. The molecule has 160 valence electrons. The molecular formula is C22H25N5O3Si. The number of pyridine rings is 1. The van der Waals surface area contributed by atoms with Gasteiger partial charge in [-0.3, -0.25) is 0 Å². The van der Waals surface area contributed by atoms with Crippen LogP contribution >= 0.6 is 0 Å². The Morgan fingerprint density at radius 3 is 2.71 bits per heavy atom. The van der Waals surface area contributed by atoms with Gasteiger partial charge in [-0.05, 0) is 30.3 Å². The Balaban J connectivity index is 1.62. The number of aromatic carboxylic acids is 1. The van der Waals surface area contributed by atoms with E-state index in [1.807, 2.05) is 35.1 Å². The van der Waals surface area contributed by atoms with E-state index in [1.165, 1.54) is 18.3 Å². The fourth-order valence-corrected chi connectivity index (χ4v) is 3.99. The van der Waals surface area contributed by atoms with E-state index >= 15 is 0 Å². The summed E-state index contributed by atoms with van der Waals surface area (Å²) in [4.78, 5) is 15.6. The quantitative estimate of drug-likeness (QED) is 0.328. The molecule has 4 aromatic rings. The number of hydrogen-bond acceptors (Lipinski definition) is 5. The SMILES string of the molecule is C[Si](C)(C)CCOCn1ncc2ccc(-c3ccnn3-c3cc(C(=O)O)ccn3)cc21. The number of carboxylic acid groups (broad SMARTS) is 1. The number of carboxylic acids is 1. The summed E-state index contributed by atoms with van der Waals surface area (Å²) in [7, 11) is -1.14. The van der Waals surface area contributed by atoms with Crippen LogP contribution in [0.1, 0.15) is 10.4 Å². The maximum atomic E-state index is 11.3. The summed E-state index contributed by atoms with van der Waals surface area (Å²) >= 11 is 0. The summed E-state index contributed by atoms with van der Waals surface area (Å²) in [5.41, 5.74) is 2.86. The summed E-state index contributed by atoms with van der Waals surface area (Å²) in [6.07, 6.45) is 4.97. The Bertz CT molecular complexity index is 1230. The minimum Gasteiger partial charge on any atom is -0.478 e. The van der Waals surface area contributed by atoms with E-state index in [2.05, 4.69) is 34.8 Å². The van der Waals surface area contributed by atoms with Gasteiger partial charge in [-0.25, -0.2) is 19.1 Å². The number of carbonyl (C=O) groups is 1. The van der Waals surface area contributed by atoms with Crippen LogP contribution in [0.5, 0.6) is 0 Å². The molecule has 9 heteroatoms. The van der Waals surface area contributed by atoms with E-state index < -0.39 is 14.0 Å². The standard InChI is InChI=1S/C22H25N5O3Si/c1-31(2,3)11-10-30-15-26-20-12-16(4-5-18(20)14-25-26)19-7-9-24-27(19)21-13-17(22(28)29)6-8-23-21/h4-9,12-14H,10-11,15H2,1-3H3,(H,28,29). The molecule has 0 spiro atoms. The molecule has 1 N–H and O–H groups in total. The number of hydrogen-bond donors (Lipinski definition) is 1. The third-order valence-corrected chi connectivity index (χ3v) is 6.71. The highest BCUT2D eigenvalue weighted by Crippen LogP contribution is 2.26. The molecule has 0 unspecified atom stereocenters. The monoisotopic (exact) mass is 435 g/mol. The summed E-state index contributed by atoms with van der Waals surface area (Å²) in [6, 6.07) is 12.0. The molecule has 4 rings (SSSR count). The van der Waals surface area contributed by atoms with Gasteiger partial charge < -0.3 is 9.84 Å². The first kappa shape index (κ1) is 20.9. The van der Waals surface area contributed by atoms with Crippen LogP contribution in [0.3, 0.4) is 0 Å². The van der Waals surface area contributed by atoms with E-state index in [-0.39, 0.29) is 5.56 Å². The summed E-state index contributed by atoms with van der Waals surface area (Å²) in [5, 5.41) is 19.1. The molecule has 1 aromatic carbocycles. The number of nitrogens with zero attached hydrogens (tertiary/aromatic N) is 5. The lowest BCUT2D eigenvalue weighted by atomic mass is 10.1. The molecule has 31 heavy (non-hydrogen) atoms. The van der Waals surface area contributed by atoms with E-state index in [4.69, 9.17) is 4.74 Å². The Kier molecular flexibility index (Phi) is 5.70. The molecule has 0 amide bonds. The van der Waals surface area contributed by atoms with Crippen molar-refractivity contribution < 1.29 is 14.6 Å². The molecular weight excluding hydrogens is 410 g/mol. The lowest BCUT2D eigenvalue weighted by Crippen LogP contribution is -2.22. The summed E-state index contributed by atoms with van der Waals surface area (Å²) < 4.78 is 9.37. The van der Waals surface area contributed by atoms with Crippen LogP contribution in [-0.4, -0.2) is 50.3 Å². The van der Waals surface area contributed by atoms with Crippen molar-refractivity contribution in [1.82, 2.24) is 24.5 Å². The van der Waals surface area contributed by atoms with E-state index in [1.54, 1.807) is 10.9 Å². The molecule has 3 heterocycles. The Morgan fingerprint density at radius 1 is 1.10 bits per heavy atom. The topological polar surface area (TPSA) is 95.1 Å². The van der Waals surface area contributed by atoms with Gasteiger partial charge in [0.05, 0.1) is 29.2 Å². The Hall–Kier alpha value is -3.30. The van der Waals surface area contributed by atoms with Crippen molar-refractivity contribution in [3.8, 4) is 17.1 Å². The van der Waals surface area contributed by atoms with Gasteiger partial charge in [0.25, 0.3) is 0 Å². The minimum atomic E-state index is -1.14. The average molecular weight is 436 g/mol. The summed E-state index contributed by atoms with van der Waals surface area (Å²) in [6.45, 7) is 8.12. The smallest absolute Gasteiger partial charge is 0.335 e. The molecule has 0 radical (unpaired) electrons. The number of benzene rings is 1. The highest BCUT2D eigenvalue weighted by atomic mass is 28.3. The van der Waals surface area contributed by atoms with Crippen LogP contribution in [0.4, 0.5) is 0 Å². The fourth-order valence-electron chi connectivity index (χ4n) is 3.23. The zero-order chi connectivity index (χ0) is 22.0. The average Bonchev–Trinajstić information content (AvgIpc) is 3.37. The van der Waals surface area contributed by atoms with Crippen LogP contribution in [0.15, 0.2) is 55.0 Å². The molecule has 0 bridgehead atoms. The maximum absolute atomic E-state index is 11.3. The van der Waals surface area contributed by atoms with Gasteiger partial charge in [0, 0.05) is 31.8 Å². The highest BCUT2D eigenvalue weighted by molar-refractivity contribution is 6.76. The molecule has 0 fully saturated rings. The Labute approximate surface area is 181 Å². The van der Waals surface area contributed by atoms with Crippen molar-refractivity contribution in [1.29, 1.82) is 0 Å². The molecule has 0 aliphatic carbocycles. The lowest BCUT2D eigenvalue weighted by molar-refractivity contribution is 0.0696.